The smallest absolute Gasteiger partial charge is 0.240 e. The number of hydrogen-bond acceptors (Lipinski definition) is 4. The van der Waals surface area contributed by atoms with Crippen LogP contribution >= 0.6 is 0 Å². The van der Waals surface area contributed by atoms with Crippen molar-refractivity contribution in [1.82, 2.24) is 10.0 Å². The Bertz CT molecular complexity index is 513. The summed E-state index contributed by atoms with van der Waals surface area (Å²) in [5.41, 5.74) is 0.797. The lowest BCUT2D eigenvalue weighted by Gasteiger charge is -2.11. The van der Waals surface area contributed by atoms with Crippen LogP contribution in [0.3, 0.4) is 0 Å². The molecule has 108 valence electrons. The van der Waals surface area contributed by atoms with Crippen LogP contribution in [0.5, 0.6) is 5.75 Å². The number of nitrogens with one attached hydrogen (secondary N) is 2. The average Bonchev–Trinajstić information content (AvgIpc) is 2.34. The predicted molar refractivity (Wildman–Crippen MR) is 76.1 cm³/mol. The van der Waals surface area contributed by atoms with Gasteiger partial charge in [-0.05, 0) is 30.7 Å². The summed E-state index contributed by atoms with van der Waals surface area (Å²) in [6.45, 7) is 6.82. The van der Waals surface area contributed by atoms with Crippen molar-refractivity contribution in [2.24, 2.45) is 0 Å². The molecule has 6 heteroatoms. The molecule has 0 amide bonds. The monoisotopic (exact) mass is 286 g/mol. The van der Waals surface area contributed by atoms with Crippen molar-refractivity contribution in [1.29, 1.82) is 0 Å². The fourth-order valence-corrected chi connectivity index (χ4v) is 2.76. The summed E-state index contributed by atoms with van der Waals surface area (Å²) >= 11 is 0. The van der Waals surface area contributed by atoms with Crippen molar-refractivity contribution in [3.8, 4) is 5.75 Å². The third-order valence-electron chi connectivity index (χ3n) is 2.65. The number of benzene rings is 1. The van der Waals surface area contributed by atoms with E-state index in [9.17, 15) is 8.42 Å². The van der Waals surface area contributed by atoms with Crippen LogP contribution in [0.15, 0.2) is 23.1 Å². The molecular weight excluding hydrogens is 264 g/mol. The molecule has 0 unspecified atom stereocenters. The molecule has 1 rings (SSSR count). The summed E-state index contributed by atoms with van der Waals surface area (Å²) in [5, 5.41) is 3.15. The molecule has 0 aliphatic heterocycles. The van der Waals surface area contributed by atoms with Gasteiger partial charge in [-0.3, -0.25) is 0 Å². The van der Waals surface area contributed by atoms with Crippen molar-refractivity contribution in [3.05, 3.63) is 23.8 Å². The van der Waals surface area contributed by atoms with Gasteiger partial charge in [0.25, 0.3) is 0 Å². The van der Waals surface area contributed by atoms with Crippen molar-refractivity contribution >= 4 is 10.0 Å². The molecule has 0 heterocycles. The van der Waals surface area contributed by atoms with Gasteiger partial charge >= 0.3 is 0 Å². The number of methoxy groups -OCH3 is 1. The molecule has 19 heavy (non-hydrogen) atoms. The van der Waals surface area contributed by atoms with Crippen LogP contribution < -0.4 is 14.8 Å². The molecule has 0 aliphatic carbocycles. The molecule has 0 bridgehead atoms. The van der Waals surface area contributed by atoms with Gasteiger partial charge in [0.2, 0.25) is 10.0 Å². The first-order chi connectivity index (χ1) is 8.86. The minimum Gasteiger partial charge on any atom is -0.496 e. The largest absolute Gasteiger partial charge is 0.496 e. The molecule has 0 atom stereocenters. The van der Waals surface area contributed by atoms with Gasteiger partial charge in [0, 0.05) is 19.1 Å². The van der Waals surface area contributed by atoms with Gasteiger partial charge in [-0.2, -0.15) is 0 Å². The minimum atomic E-state index is -3.45. The second-order valence-corrected chi connectivity index (χ2v) is 6.40. The van der Waals surface area contributed by atoms with Crippen LogP contribution in [0.2, 0.25) is 0 Å². The Morgan fingerprint density at radius 2 is 1.95 bits per heavy atom. The molecule has 2 N–H and O–H groups in total. The van der Waals surface area contributed by atoms with Crippen molar-refractivity contribution in [2.45, 2.75) is 31.7 Å². The Hall–Kier alpha value is -1.11. The van der Waals surface area contributed by atoms with E-state index >= 15 is 0 Å². The van der Waals surface area contributed by atoms with E-state index in [0.717, 1.165) is 5.56 Å². The quantitative estimate of drug-likeness (QED) is 0.741. The normalized spacial score (nSPS) is 11.8. The van der Waals surface area contributed by atoms with Crippen molar-refractivity contribution < 1.29 is 13.2 Å². The van der Waals surface area contributed by atoms with Crippen LogP contribution in [-0.2, 0) is 10.0 Å². The van der Waals surface area contributed by atoms with Crippen LogP contribution in [-0.4, -0.2) is 34.7 Å². The topological polar surface area (TPSA) is 67.4 Å². The van der Waals surface area contributed by atoms with Gasteiger partial charge in [-0.25, -0.2) is 13.1 Å². The first-order valence-corrected chi connectivity index (χ1v) is 7.73. The highest BCUT2D eigenvalue weighted by Crippen LogP contribution is 2.20. The molecule has 0 saturated carbocycles. The fraction of sp³-hybridized carbons (Fsp3) is 0.538. The van der Waals surface area contributed by atoms with E-state index in [4.69, 9.17) is 4.74 Å². The molecule has 0 spiro atoms. The highest BCUT2D eigenvalue weighted by molar-refractivity contribution is 7.89. The number of sulfonamides is 1. The summed E-state index contributed by atoms with van der Waals surface area (Å²) in [4.78, 5) is 0.260. The Morgan fingerprint density at radius 1 is 1.26 bits per heavy atom. The molecule has 5 nitrogen and oxygen atoms in total. The highest BCUT2D eigenvalue weighted by atomic mass is 32.2. The predicted octanol–water partition coefficient (Wildman–Crippen LogP) is 1.28. The maximum atomic E-state index is 12.0. The van der Waals surface area contributed by atoms with E-state index in [1.165, 1.54) is 0 Å². The van der Waals surface area contributed by atoms with E-state index in [-0.39, 0.29) is 4.90 Å². The lowest BCUT2D eigenvalue weighted by atomic mass is 10.2. The molecular formula is C13H22N2O3S. The van der Waals surface area contributed by atoms with E-state index < -0.39 is 10.0 Å². The van der Waals surface area contributed by atoms with Gasteiger partial charge in [0.15, 0.2) is 0 Å². The van der Waals surface area contributed by atoms with Gasteiger partial charge in [-0.1, -0.05) is 13.8 Å². The second kappa shape index (κ2) is 6.88. The third-order valence-corrected chi connectivity index (χ3v) is 4.10. The average molecular weight is 286 g/mol. The Balaban J connectivity index is 2.69. The van der Waals surface area contributed by atoms with Crippen LogP contribution in [0.4, 0.5) is 0 Å². The van der Waals surface area contributed by atoms with E-state index in [2.05, 4.69) is 10.0 Å². The fourth-order valence-electron chi connectivity index (χ4n) is 1.65. The lowest BCUT2D eigenvalue weighted by Crippen LogP contribution is -2.34. The molecule has 0 saturated heterocycles. The van der Waals surface area contributed by atoms with Gasteiger partial charge < -0.3 is 10.1 Å². The second-order valence-electron chi connectivity index (χ2n) is 4.64. The summed E-state index contributed by atoms with van der Waals surface area (Å²) in [7, 11) is -1.89. The molecule has 0 aliphatic rings. The maximum absolute atomic E-state index is 12.0. The number of rotatable bonds is 7. The zero-order chi connectivity index (χ0) is 14.5. The molecule has 1 aromatic rings. The van der Waals surface area contributed by atoms with Crippen LogP contribution in [0.1, 0.15) is 19.4 Å². The third kappa shape index (κ3) is 4.81. The summed E-state index contributed by atoms with van der Waals surface area (Å²) < 4.78 is 31.8. The Morgan fingerprint density at radius 3 is 2.47 bits per heavy atom. The van der Waals surface area contributed by atoms with E-state index in [1.807, 2.05) is 20.8 Å². The minimum absolute atomic E-state index is 0.260. The first kappa shape index (κ1) is 15.9. The summed E-state index contributed by atoms with van der Waals surface area (Å²) in [6.07, 6.45) is 0. The highest BCUT2D eigenvalue weighted by Gasteiger charge is 2.14. The molecule has 0 fully saturated rings. The Labute approximate surface area is 115 Å². The van der Waals surface area contributed by atoms with E-state index in [0.29, 0.717) is 24.9 Å². The summed E-state index contributed by atoms with van der Waals surface area (Å²) in [5.74, 6) is 0.681. The van der Waals surface area contributed by atoms with Crippen molar-refractivity contribution in [2.75, 3.05) is 20.2 Å². The zero-order valence-corrected chi connectivity index (χ0v) is 12.7. The van der Waals surface area contributed by atoms with Gasteiger partial charge in [0.1, 0.15) is 5.75 Å². The van der Waals surface area contributed by atoms with Crippen molar-refractivity contribution in [3.63, 3.8) is 0 Å². The van der Waals surface area contributed by atoms with Crippen LogP contribution in [0.25, 0.3) is 0 Å². The maximum Gasteiger partial charge on any atom is 0.240 e. The first-order valence-electron chi connectivity index (χ1n) is 6.24. The SMILES string of the molecule is COc1ccc(S(=O)(=O)NCCNC(C)C)cc1C. The Kier molecular flexibility index (Phi) is 5.78. The number of ether oxygens (including phenoxy) is 1. The van der Waals surface area contributed by atoms with Gasteiger partial charge in [0.05, 0.1) is 12.0 Å². The molecule has 1 aromatic carbocycles. The molecule has 0 radical (unpaired) electrons. The molecule has 0 aromatic heterocycles. The number of aryl methyl sites for hydroxylation is 1. The summed E-state index contributed by atoms with van der Waals surface area (Å²) in [6, 6.07) is 5.16. The number of hydrogen-bond donors (Lipinski definition) is 2. The standard InChI is InChI=1S/C13H22N2O3S/c1-10(2)14-7-8-15-19(16,17)12-5-6-13(18-4)11(3)9-12/h5-6,9-10,14-15H,7-8H2,1-4H3. The van der Waals surface area contributed by atoms with E-state index in [1.54, 1.807) is 25.3 Å². The zero-order valence-electron chi connectivity index (χ0n) is 11.9. The van der Waals surface area contributed by atoms with Crippen LogP contribution in [0, 0.1) is 6.92 Å². The van der Waals surface area contributed by atoms with Gasteiger partial charge in [-0.15, -0.1) is 0 Å². The lowest BCUT2D eigenvalue weighted by molar-refractivity contribution is 0.411.